The topological polar surface area (TPSA) is 66.5 Å². The molecule has 2 aliphatic rings. The molecule has 1 aromatic carbocycles. The van der Waals surface area contributed by atoms with Crippen LogP contribution in [0, 0.1) is 0 Å². The Morgan fingerprint density at radius 2 is 1.74 bits per heavy atom. The number of rotatable bonds is 1. The van der Waals surface area contributed by atoms with Gasteiger partial charge in [-0.05, 0) is 18.6 Å². The Morgan fingerprint density at radius 3 is 2.37 bits per heavy atom. The lowest BCUT2D eigenvalue weighted by atomic mass is 10.1. The average molecular weight is 256 g/mol. The number of anilines is 1. The summed E-state index contributed by atoms with van der Waals surface area (Å²) in [5.41, 5.74) is 1.35. The number of carbonyl (C=O) groups excluding carboxylic acids is 3. The first kappa shape index (κ1) is 11.6. The molecule has 1 N–H and O–H groups in total. The Morgan fingerprint density at radius 1 is 1.00 bits per heavy atom. The first-order valence-corrected chi connectivity index (χ1v) is 6.11. The van der Waals surface area contributed by atoms with Crippen LogP contribution in [-0.2, 0) is 14.4 Å². The Balaban J connectivity index is 2.11. The third-order valence-corrected chi connectivity index (χ3v) is 3.31. The number of allylic oxidation sites excluding steroid dienone is 1. The van der Waals surface area contributed by atoms with Crippen LogP contribution in [0.4, 0.5) is 5.69 Å². The summed E-state index contributed by atoms with van der Waals surface area (Å²) in [6, 6.07) is 9.08. The predicted octanol–water partition coefficient (Wildman–Crippen LogP) is 0.766. The van der Waals surface area contributed by atoms with Gasteiger partial charge in [0.1, 0.15) is 5.57 Å². The minimum atomic E-state index is -0.379. The van der Waals surface area contributed by atoms with E-state index in [1.807, 2.05) is 18.2 Å². The molecule has 0 bridgehead atoms. The third kappa shape index (κ3) is 1.83. The van der Waals surface area contributed by atoms with Crippen molar-refractivity contribution >= 4 is 23.3 Å². The van der Waals surface area contributed by atoms with Crippen LogP contribution in [0.15, 0.2) is 41.6 Å². The number of nitrogens with zero attached hydrogens (tertiary/aromatic N) is 1. The number of nitrogens with one attached hydrogen (secondary N) is 1. The number of carbonyl (C=O) groups is 3. The van der Waals surface area contributed by atoms with Gasteiger partial charge in [-0.15, -0.1) is 0 Å². The summed E-state index contributed by atoms with van der Waals surface area (Å²) in [7, 11) is 0. The maximum atomic E-state index is 12.0. The zero-order chi connectivity index (χ0) is 13.4. The fourth-order valence-electron chi connectivity index (χ4n) is 2.47. The fourth-order valence-corrected chi connectivity index (χ4v) is 2.47. The van der Waals surface area contributed by atoms with Crippen LogP contribution in [0.5, 0.6) is 0 Å². The highest BCUT2D eigenvalue weighted by Crippen LogP contribution is 2.32. The molecule has 0 aliphatic carbocycles. The van der Waals surface area contributed by atoms with Crippen molar-refractivity contribution in [3.63, 3.8) is 0 Å². The minimum absolute atomic E-state index is 0.0223. The molecule has 0 radical (unpaired) electrons. The zero-order valence-corrected chi connectivity index (χ0v) is 10.2. The third-order valence-electron chi connectivity index (χ3n) is 3.31. The summed E-state index contributed by atoms with van der Waals surface area (Å²) < 4.78 is 0. The lowest BCUT2D eigenvalue weighted by Gasteiger charge is -2.19. The van der Waals surface area contributed by atoms with Gasteiger partial charge in [-0.3, -0.25) is 19.3 Å². The number of hydrogen-bond acceptors (Lipinski definition) is 3. The Hall–Kier alpha value is -2.43. The van der Waals surface area contributed by atoms with Crippen molar-refractivity contribution in [3.05, 3.63) is 41.6 Å². The summed E-state index contributed by atoms with van der Waals surface area (Å²) in [5.74, 6) is -0.701. The summed E-state index contributed by atoms with van der Waals surface area (Å²) in [5, 5.41) is 2.50. The van der Waals surface area contributed by atoms with Crippen LogP contribution in [0.1, 0.15) is 12.8 Å². The number of benzene rings is 1. The summed E-state index contributed by atoms with van der Waals surface area (Å²) in [6.07, 6.45) is 0.760. The van der Waals surface area contributed by atoms with Crippen molar-refractivity contribution in [2.24, 2.45) is 0 Å². The first-order valence-electron chi connectivity index (χ1n) is 6.11. The first-order chi connectivity index (χ1) is 9.18. The van der Waals surface area contributed by atoms with E-state index in [-0.39, 0.29) is 29.7 Å². The number of amides is 2. The summed E-state index contributed by atoms with van der Waals surface area (Å²) in [6.45, 7) is 0.0223. The molecule has 0 aromatic heterocycles. The van der Waals surface area contributed by atoms with Gasteiger partial charge in [-0.25, -0.2) is 0 Å². The van der Waals surface area contributed by atoms with E-state index >= 15 is 0 Å². The van der Waals surface area contributed by atoms with Gasteiger partial charge in [0.25, 0.3) is 5.91 Å². The van der Waals surface area contributed by atoms with Crippen LogP contribution in [0.3, 0.4) is 0 Å². The molecule has 0 spiro atoms. The highest BCUT2D eigenvalue weighted by Gasteiger charge is 2.37. The molecule has 5 heteroatoms. The molecule has 5 nitrogen and oxygen atoms in total. The number of hydrogen-bond donors (Lipinski definition) is 1. The number of para-hydroxylation sites is 1. The van der Waals surface area contributed by atoms with E-state index in [9.17, 15) is 14.4 Å². The van der Waals surface area contributed by atoms with Gasteiger partial charge in [-0.1, -0.05) is 18.2 Å². The summed E-state index contributed by atoms with van der Waals surface area (Å²) >= 11 is 0. The van der Waals surface area contributed by atoms with E-state index in [1.54, 1.807) is 12.1 Å². The van der Waals surface area contributed by atoms with Crippen LogP contribution in [-0.4, -0.2) is 24.1 Å². The Kier molecular flexibility index (Phi) is 2.67. The van der Waals surface area contributed by atoms with Crippen LogP contribution in [0.2, 0.25) is 0 Å². The van der Waals surface area contributed by atoms with Crippen molar-refractivity contribution in [1.82, 2.24) is 5.32 Å². The van der Waals surface area contributed by atoms with Crippen LogP contribution in [0.25, 0.3) is 0 Å². The maximum Gasteiger partial charge on any atom is 0.257 e. The highest BCUT2D eigenvalue weighted by atomic mass is 16.2. The smallest absolute Gasteiger partial charge is 0.257 e. The molecule has 2 aliphatic heterocycles. The van der Waals surface area contributed by atoms with Gasteiger partial charge < -0.3 is 5.32 Å². The van der Waals surface area contributed by atoms with E-state index in [2.05, 4.69) is 5.32 Å². The molecule has 3 rings (SSSR count). The van der Waals surface area contributed by atoms with E-state index in [1.165, 1.54) is 4.90 Å². The standard InChI is InChI=1S/C14H12N2O3/c17-11-8-15-14(19)13(11)10-6-7-12(18)16(10)9-4-2-1-3-5-9/h1-5H,6-8H2,(H,15,19)/b13-10-. The second-order valence-electron chi connectivity index (χ2n) is 4.49. The normalized spacial score (nSPS) is 23.2. The predicted molar refractivity (Wildman–Crippen MR) is 68.2 cm³/mol. The maximum absolute atomic E-state index is 12.0. The zero-order valence-electron chi connectivity index (χ0n) is 10.2. The molecule has 0 atom stereocenters. The minimum Gasteiger partial charge on any atom is -0.344 e. The van der Waals surface area contributed by atoms with E-state index < -0.39 is 0 Å². The molecule has 2 fully saturated rings. The molecule has 1 aromatic rings. The van der Waals surface area contributed by atoms with Crippen molar-refractivity contribution in [1.29, 1.82) is 0 Å². The van der Waals surface area contributed by atoms with Crippen molar-refractivity contribution in [2.45, 2.75) is 12.8 Å². The van der Waals surface area contributed by atoms with E-state index in [0.717, 1.165) is 0 Å². The van der Waals surface area contributed by atoms with E-state index in [4.69, 9.17) is 0 Å². The fraction of sp³-hybridized carbons (Fsp3) is 0.214. The largest absolute Gasteiger partial charge is 0.344 e. The molecule has 96 valence electrons. The van der Waals surface area contributed by atoms with Crippen LogP contribution < -0.4 is 10.2 Å². The monoisotopic (exact) mass is 256 g/mol. The Bertz CT molecular complexity index is 586. The molecule has 2 amide bonds. The summed E-state index contributed by atoms with van der Waals surface area (Å²) in [4.78, 5) is 37.0. The van der Waals surface area contributed by atoms with Gasteiger partial charge in [0.05, 0.1) is 6.54 Å². The number of Topliss-reactive ketones (excluding diaryl/α,β-unsaturated/α-hetero) is 1. The van der Waals surface area contributed by atoms with Gasteiger partial charge in [-0.2, -0.15) is 0 Å². The van der Waals surface area contributed by atoms with Crippen molar-refractivity contribution in [3.8, 4) is 0 Å². The highest BCUT2D eigenvalue weighted by molar-refractivity contribution is 6.26. The molecule has 2 saturated heterocycles. The molecular formula is C14H12N2O3. The quantitative estimate of drug-likeness (QED) is 0.596. The molecule has 0 unspecified atom stereocenters. The van der Waals surface area contributed by atoms with Crippen molar-refractivity contribution < 1.29 is 14.4 Å². The van der Waals surface area contributed by atoms with Gasteiger partial charge in [0.2, 0.25) is 5.91 Å². The lowest BCUT2D eigenvalue weighted by Crippen LogP contribution is -2.26. The SMILES string of the molecule is O=C1CNC(=O)/C1=C1/CCC(=O)N1c1ccccc1. The average Bonchev–Trinajstić information content (AvgIpc) is 2.94. The Labute approximate surface area is 109 Å². The van der Waals surface area contributed by atoms with Crippen LogP contribution >= 0.6 is 0 Å². The molecule has 0 saturated carbocycles. The lowest BCUT2D eigenvalue weighted by molar-refractivity contribution is -0.117. The van der Waals surface area contributed by atoms with Gasteiger partial charge in [0, 0.05) is 17.8 Å². The van der Waals surface area contributed by atoms with Gasteiger partial charge >= 0.3 is 0 Å². The molecule has 19 heavy (non-hydrogen) atoms. The second kappa shape index (κ2) is 4.35. The molecule has 2 heterocycles. The van der Waals surface area contributed by atoms with E-state index in [0.29, 0.717) is 24.2 Å². The number of ketones is 1. The molecular weight excluding hydrogens is 244 g/mol. The second-order valence-corrected chi connectivity index (χ2v) is 4.49. The van der Waals surface area contributed by atoms with Gasteiger partial charge in [0.15, 0.2) is 5.78 Å². The van der Waals surface area contributed by atoms with Crippen molar-refractivity contribution in [2.75, 3.05) is 11.4 Å².